The Balaban J connectivity index is 0.000000461. The number of nitrogen functional groups attached to an aromatic ring is 1. The first-order valence-corrected chi connectivity index (χ1v) is 3.58. The second-order valence-corrected chi connectivity index (χ2v) is 1.88. The minimum atomic E-state index is -0.454. The van der Waals surface area contributed by atoms with Crippen LogP contribution in [0.1, 0.15) is 19.4 Å². The van der Waals surface area contributed by atoms with Crippen molar-refractivity contribution in [3.8, 4) is 0 Å². The number of pyridine rings is 1. The summed E-state index contributed by atoms with van der Waals surface area (Å²) in [5.74, 6) is -0.454. The van der Waals surface area contributed by atoms with Gasteiger partial charge in [0.15, 0.2) is 0 Å². The molecule has 0 atom stereocenters. The van der Waals surface area contributed by atoms with Crippen LogP contribution in [0.25, 0.3) is 0 Å². The van der Waals surface area contributed by atoms with Crippen LogP contribution in [0.5, 0.6) is 0 Å². The molecule has 2 nitrogen and oxygen atoms in total. The zero-order valence-corrected chi connectivity index (χ0v) is 7.06. The van der Waals surface area contributed by atoms with E-state index in [0.717, 1.165) is 0 Å². The number of rotatable bonds is 0. The first-order valence-electron chi connectivity index (χ1n) is 3.58. The van der Waals surface area contributed by atoms with E-state index in [-0.39, 0.29) is 0 Å². The maximum Gasteiger partial charge on any atom is 0.215 e. The standard InChI is InChI=1S/C6H7FN2.C2H6/c1-4-2-5(8)3-9-6(4)7;1-2/h2-3H,8H2,1H3;1-2H3. The van der Waals surface area contributed by atoms with E-state index in [9.17, 15) is 4.39 Å². The fourth-order valence-corrected chi connectivity index (χ4v) is 0.580. The Morgan fingerprint density at radius 3 is 2.36 bits per heavy atom. The van der Waals surface area contributed by atoms with Crippen molar-refractivity contribution in [3.63, 3.8) is 0 Å². The predicted octanol–water partition coefficient (Wildman–Crippen LogP) is 2.14. The van der Waals surface area contributed by atoms with Crippen LogP contribution in [0, 0.1) is 12.9 Å². The average Bonchev–Trinajstić information content (AvgIpc) is 2.02. The van der Waals surface area contributed by atoms with Crippen LogP contribution < -0.4 is 5.73 Å². The van der Waals surface area contributed by atoms with E-state index in [4.69, 9.17) is 5.73 Å². The summed E-state index contributed by atoms with van der Waals surface area (Å²) >= 11 is 0. The number of nitrogens with zero attached hydrogens (tertiary/aromatic N) is 1. The van der Waals surface area contributed by atoms with Crippen LogP contribution in [-0.2, 0) is 0 Å². The van der Waals surface area contributed by atoms with Gasteiger partial charge >= 0.3 is 0 Å². The second-order valence-electron chi connectivity index (χ2n) is 1.88. The quantitative estimate of drug-likeness (QED) is 0.584. The molecule has 0 aliphatic carbocycles. The van der Waals surface area contributed by atoms with Crippen molar-refractivity contribution in [2.75, 3.05) is 5.73 Å². The Morgan fingerprint density at radius 2 is 2.00 bits per heavy atom. The Hall–Kier alpha value is -1.12. The molecule has 1 rings (SSSR count). The molecule has 0 amide bonds. The fraction of sp³-hybridized carbons (Fsp3) is 0.375. The monoisotopic (exact) mass is 156 g/mol. The van der Waals surface area contributed by atoms with E-state index in [1.807, 2.05) is 13.8 Å². The van der Waals surface area contributed by atoms with Crippen LogP contribution in [-0.4, -0.2) is 4.98 Å². The molecule has 0 aliphatic heterocycles. The number of halogens is 1. The zero-order valence-electron chi connectivity index (χ0n) is 7.06. The van der Waals surface area contributed by atoms with Gasteiger partial charge in [0.25, 0.3) is 0 Å². The molecular weight excluding hydrogens is 143 g/mol. The largest absolute Gasteiger partial charge is 0.397 e. The highest BCUT2D eigenvalue weighted by Gasteiger charge is 1.95. The van der Waals surface area contributed by atoms with Gasteiger partial charge in [0.05, 0.1) is 11.9 Å². The van der Waals surface area contributed by atoms with E-state index >= 15 is 0 Å². The summed E-state index contributed by atoms with van der Waals surface area (Å²) in [6.45, 7) is 5.62. The van der Waals surface area contributed by atoms with Crippen LogP contribution in [0.15, 0.2) is 12.3 Å². The number of nitrogens with two attached hydrogens (primary N) is 1. The van der Waals surface area contributed by atoms with Crippen molar-refractivity contribution in [1.82, 2.24) is 4.98 Å². The molecule has 0 aromatic carbocycles. The number of aryl methyl sites for hydroxylation is 1. The summed E-state index contributed by atoms with van der Waals surface area (Å²) in [4.78, 5) is 3.39. The van der Waals surface area contributed by atoms with E-state index in [1.54, 1.807) is 13.0 Å². The molecule has 0 saturated heterocycles. The van der Waals surface area contributed by atoms with Gasteiger partial charge < -0.3 is 5.73 Å². The van der Waals surface area contributed by atoms with Gasteiger partial charge in [-0.25, -0.2) is 4.98 Å². The van der Waals surface area contributed by atoms with Gasteiger partial charge in [-0.2, -0.15) is 4.39 Å². The highest BCUT2D eigenvalue weighted by molar-refractivity contribution is 5.36. The maximum absolute atomic E-state index is 12.3. The summed E-state index contributed by atoms with van der Waals surface area (Å²) in [6, 6.07) is 1.54. The normalized spacial score (nSPS) is 8.36. The first kappa shape index (κ1) is 9.88. The maximum atomic E-state index is 12.3. The molecule has 62 valence electrons. The molecule has 0 spiro atoms. The Kier molecular flexibility index (Phi) is 4.18. The first-order chi connectivity index (χ1) is 5.20. The lowest BCUT2D eigenvalue weighted by Crippen LogP contribution is -1.91. The van der Waals surface area contributed by atoms with Crippen LogP contribution in [0.3, 0.4) is 0 Å². The number of hydrogen-bond acceptors (Lipinski definition) is 2. The molecule has 0 bridgehead atoms. The van der Waals surface area contributed by atoms with Crippen molar-refractivity contribution in [3.05, 3.63) is 23.8 Å². The van der Waals surface area contributed by atoms with Gasteiger partial charge in [0, 0.05) is 5.56 Å². The summed E-state index contributed by atoms with van der Waals surface area (Å²) in [5.41, 5.74) is 6.27. The number of anilines is 1. The molecule has 0 radical (unpaired) electrons. The summed E-state index contributed by atoms with van der Waals surface area (Å²) in [5, 5.41) is 0. The van der Waals surface area contributed by atoms with Crippen molar-refractivity contribution in [2.45, 2.75) is 20.8 Å². The third-order valence-electron chi connectivity index (χ3n) is 1.04. The highest BCUT2D eigenvalue weighted by Crippen LogP contribution is 2.05. The van der Waals surface area contributed by atoms with E-state index in [2.05, 4.69) is 4.98 Å². The lowest BCUT2D eigenvalue weighted by molar-refractivity contribution is 0.575. The zero-order chi connectivity index (χ0) is 8.85. The summed E-state index contributed by atoms with van der Waals surface area (Å²) < 4.78 is 12.3. The predicted molar refractivity (Wildman–Crippen MR) is 44.7 cm³/mol. The average molecular weight is 156 g/mol. The molecule has 11 heavy (non-hydrogen) atoms. The summed E-state index contributed by atoms with van der Waals surface area (Å²) in [7, 11) is 0. The molecule has 0 fully saturated rings. The summed E-state index contributed by atoms with van der Waals surface area (Å²) in [6.07, 6.45) is 1.29. The van der Waals surface area contributed by atoms with Gasteiger partial charge in [0.2, 0.25) is 5.95 Å². The fourth-order valence-electron chi connectivity index (χ4n) is 0.580. The minimum absolute atomic E-state index is 0.454. The van der Waals surface area contributed by atoms with Crippen LogP contribution in [0.2, 0.25) is 0 Å². The van der Waals surface area contributed by atoms with Gasteiger partial charge in [-0.05, 0) is 13.0 Å². The van der Waals surface area contributed by atoms with Crippen molar-refractivity contribution < 1.29 is 4.39 Å². The lowest BCUT2D eigenvalue weighted by Gasteiger charge is -1.94. The van der Waals surface area contributed by atoms with E-state index in [1.165, 1.54) is 6.20 Å². The van der Waals surface area contributed by atoms with Crippen LogP contribution in [0.4, 0.5) is 10.1 Å². The molecule has 3 heteroatoms. The smallest absolute Gasteiger partial charge is 0.215 e. The van der Waals surface area contributed by atoms with Gasteiger partial charge in [0.1, 0.15) is 0 Å². The van der Waals surface area contributed by atoms with Gasteiger partial charge in [-0.1, -0.05) is 13.8 Å². The molecule has 1 aromatic rings. The Morgan fingerprint density at radius 1 is 1.45 bits per heavy atom. The van der Waals surface area contributed by atoms with Crippen molar-refractivity contribution in [1.29, 1.82) is 0 Å². The SMILES string of the molecule is CC.Cc1cc(N)cnc1F. The third-order valence-corrected chi connectivity index (χ3v) is 1.04. The molecule has 0 unspecified atom stereocenters. The Bertz CT molecular complexity index is 223. The second kappa shape index (κ2) is 4.66. The van der Waals surface area contributed by atoms with Gasteiger partial charge in [-0.15, -0.1) is 0 Å². The van der Waals surface area contributed by atoms with E-state index < -0.39 is 5.95 Å². The lowest BCUT2D eigenvalue weighted by atomic mass is 10.3. The molecule has 0 saturated carbocycles. The van der Waals surface area contributed by atoms with E-state index in [0.29, 0.717) is 11.3 Å². The Labute approximate surface area is 66.3 Å². The minimum Gasteiger partial charge on any atom is -0.397 e. The number of hydrogen-bond donors (Lipinski definition) is 1. The van der Waals surface area contributed by atoms with Crippen molar-refractivity contribution in [2.24, 2.45) is 0 Å². The van der Waals surface area contributed by atoms with Gasteiger partial charge in [-0.3, -0.25) is 0 Å². The van der Waals surface area contributed by atoms with Crippen LogP contribution >= 0.6 is 0 Å². The highest BCUT2D eigenvalue weighted by atomic mass is 19.1. The molecular formula is C8H13FN2. The molecule has 1 aromatic heterocycles. The number of aromatic nitrogens is 1. The molecule has 2 N–H and O–H groups in total. The third kappa shape index (κ3) is 2.98. The molecule has 0 aliphatic rings. The molecule has 1 heterocycles. The topological polar surface area (TPSA) is 38.9 Å². The van der Waals surface area contributed by atoms with Crippen molar-refractivity contribution >= 4 is 5.69 Å².